The van der Waals surface area contributed by atoms with E-state index < -0.39 is 0 Å². The van der Waals surface area contributed by atoms with E-state index in [1.807, 2.05) is 29.3 Å². The van der Waals surface area contributed by atoms with E-state index in [1.165, 1.54) is 11.3 Å². The van der Waals surface area contributed by atoms with Crippen LogP contribution in [-0.4, -0.2) is 47.8 Å². The number of hydrogen-bond acceptors (Lipinski definition) is 4. The van der Waals surface area contributed by atoms with Gasteiger partial charge >= 0.3 is 0 Å². The van der Waals surface area contributed by atoms with Crippen molar-refractivity contribution in [3.63, 3.8) is 0 Å². The third-order valence-corrected chi connectivity index (χ3v) is 5.87. The molecule has 6 heteroatoms. The number of hydrogen-bond donors (Lipinski definition) is 1. The minimum Gasteiger partial charge on any atom is -0.493 e. The molecule has 0 aliphatic carbocycles. The molecule has 4 rings (SSSR count). The van der Waals surface area contributed by atoms with Crippen molar-refractivity contribution >= 4 is 5.91 Å². The van der Waals surface area contributed by atoms with Crippen molar-refractivity contribution in [2.75, 3.05) is 26.8 Å². The molecule has 0 saturated carbocycles. The molecule has 1 aromatic heterocycles. The molecule has 1 N–H and O–H groups in total. The average molecular weight is 369 g/mol. The highest BCUT2D eigenvalue weighted by atomic mass is 16.5. The van der Waals surface area contributed by atoms with Gasteiger partial charge in [0.2, 0.25) is 5.91 Å². The van der Waals surface area contributed by atoms with E-state index in [0.717, 1.165) is 49.4 Å². The summed E-state index contributed by atoms with van der Waals surface area (Å²) in [6.45, 7) is 4.18. The van der Waals surface area contributed by atoms with Gasteiger partial charge in [-0.2, -0.15) is 5.10 Å². The largest absolute Gasteiger partial charge is 0.493 e. The zero-order chi connectivity index (χ0) is 18.8. The van der Waals surface area contributed by atoms with E-state index in [4.69, 9.17) is 9.47 Å². The summed E-state index contributed by atoms with van der Waals surface area (Å²) in [5.74, 6) is 2.10. The summed E-state index contributed by atoms with van der Waals surface area (Å²) in [6, 6.07) is 5.87. The number of para-hydroxylation sites is 1. The second-order valence-electron chi connectivity index (χ2n) is 7.42. The molecule has 2 aromatic rings. The quantitative estimate of drug-likeness (QED) is 0.900. The fourth-order valence-corrected chi connectivity index (χ4v) is 4.32. The number of aromatic nitrogens is 2. The normalized spacial score (nSPS) is 20.1. The number of likely N-dealkylation sites (tertiary alicyclic amines) is 1. The number of rotatable bonds is 4. The van der Waals surface area contributed by atoms with Gasteiger partial charge in [0.1, 0.15) is 6.61 Å². The molecule has 2 aliphatic heterocycles. The molecule has 0 bridgehead atoms. The highest BCUT2D eigenvalue weighted by Crippen LogP contribution is 2.37. The van der Waals surface area contributed by atoms with Crippen LogP contribution in [0.2, 0.25) is 0 Å². The predicted octanol–water partition coefficient (Wildman–Crippen LogP) is 2.94. The van der Waals surface area contributed by atoms with Gasteiger partial charge in [-0.15, -0.1) is 0 Å². The number of carbonyl (C=O) groups excluding carboxylic acids is 1. The highest BCUT2D eigenvalue weighted by Gasteiger charge is 2.33. The van der Waals surface area contributed by atoms with E-state index >= 15 is 0 Å². The lowest BCUT2D eigenvalue weighted by atomic mass is 9.89. The van der Waals surface area contributed by atoms with Crippen molar-refractivity contribution in [2.45, 2.75) is 38.5 Å². The summed E-state index contributed by atoms with van der Waals surface area (Å²) in [4.78, 5) is 15.0. The van der Waals surface area contributed by atoms with Gasteiger partial charge in [0, 0.05) is 24.7 Å². The summed E-state index contributed by atoms with van der Waals surface area (Å²) in [6.07, 6.45) is 5.61. The molecule has 27 heavy (non-hydrogen) atoms. The van der Waals surface area contributed by atoms with E-state index in [0.29, 0.717) is 18.9 Å². The molecule has 1 fully saturated rings. The summed E-state index contributed by atoms with van der Waals surface area (Å²) < 4.78 is 11.3. The van der Waals surface area contributed by atoms with Crippen molar-refractivity contribution in [3.05, 3.63) is 41.2 Å². The Morgan fingerprint density at radius 1 is 1.37 bits per heavy atom. The van der Waals surface area contributed by atoms with Crippen LogP contribution in [-0.2, 0) is 17.6 Å². The molecular weight excluding hydrogens is 342 g/mol. The Balaban J connectivity index is 1.38. The minimum absolute atomic E-state index is 0.112. The molecule has 0 radical (unpaired) electrons. The standard InChI is InChI=1S/C21H27N3O3/c1-3-14-12-22-23-19(14)15-7-9-24(10-8-15)21(25)17-11-16-5-4-6-18(26-2)20(16)27-13-17/h4-6,12,15,17H,3,7-11,13H2,1-2H3,(H,22,23). The number of carbonyl (C=O) groups is 1. The third-order valence-electron chi connectivity index (χ3n) is 5.87. The van der Waals surface area contributed by atoms with E-state index in [-0.39, 0.29) is 11.8 Å². The number of ether oxygens (including phenoxy) is 2. The van der Waals surface area contributed by atoms with Crippen LogP contribution in [0.4, 0.5) is 0 Å². The number of benzene rings is 1. The molecular formula is C21H27N3O3. The lowest BCUT2D eigenvalue weighted by Crippen LogP contribution is -2.44. The van der Waals surface area contributed by atoms with Crippen molar-refractivity contribution in [2.24, 2.45) is 5.92 Å². The molecule has 1 unspecified atom stereocenters. The number of nitrogens with one attached hydrogen (secondary N) is 1. The zero-order valence-electron chi connectivity index (χ0n) is 16.0. The number of methoxy groups -OCH3 is 1. The summed E-state index contributed by atoms with van der Waals surface area (Å²) >= 11 is 0. The van der Waals surface area contributed by atoms with Crippen molar-refractivity contribution in [1.82, 2.24) is 15.1 Å². The molecule has 1 saturated heterocycles. The van der Waals surface area contributed by atoms with Crippen molar-refractivity contribution < 1.29 is 14.3 Å². The van der Waals surface area contributed by atoms with Gasteiger partial charge < -0.3 is 14.4 Å². The third kappa shape index (κ3) is 3.40. The van der Waals surface area contributed by atoms with E-state index in [1.54, 1.807) is 7.11 Å². The number of amides is 1. The Hall–Kier alpha value is -2.50. The van der Waals surface area contributed by atoms with Crippen LogP contribution in [0.5, 0.6) is 11.5 Å². The van der Waals surface area contributed by atoms with Crippen LogP contribution in [0.1, 0.15) is 42.5 Å². The summed E-state index contributed by atoms with van der Waals surface area (Å²) in [5, 5.41) is 7.37. The van der Waals surface area contributed by atoms with Crippen molar-refractivity contribution in [3.8, 4) is 11.5 Å². The second-order valence-corrected chi connectivity index (χ2v) is 7.42. The lowest BCUT2D eigenvalue weighted by molar-refractivity contribution is -0.138. The van der Waals surface area contributed by atoms with Gasteiger partial charge in [0.15, 0.2) is 11.5 Å². The number of aromatic amines is 1. The molecule has 2 aliphatic rings. The van der Waals surface area contributed by atoms with Gasteiger partial charge in [-0.05, 0) is 42.9 Å². The molecule has 3 heterocycles. The van der Waals surface area contributed by atoms with Crippen LogP contribution in [0, 0.1) is 5.92 Å². The Bertz CT molecular complexity index is 809. The first kappa shape index (κ1) is 17.9. The SMILES string of the molecule is CCc1cn[nH]c1C1CCN(C(=O)C2COc3c(cccc3OC)C2)CC1. The van der Waals surface area contributed by atoms with Gasteiger partial charge in [-0.1, -0.05) is 19.1 Å². The monoisotopic (exact) mass is 369 g/mol. The number of piperidine rings is 1. The smallest absolute Gasteiger partial charge is 0.229 e. The fraction of sp³-hybridized carbons (Fsp3) is 0.524. The summed E-state index contributed by atoms with van der Waals surface area (Å²) in [7, 11) is 1.64. The molecule has 0 spiro atoms. The zero-order valence-corrected chi connectivity index (χ0v) is 16.0. The Morgan fingerprint density at radius 2 is 2.19 bits per heavy atom. The van der Waals surface area contributed by atoms with Gasteiger partial charge in [0.25, 0.3) is 0 Å². The molecule has 1 aromatic carbocycles. The fourth-order valence-electron chi connectivity index (χ4n) is 4.32. The van der Waals surface area contributed by atoms with Crippen LogP contribution in [0.3, 0.4) is 0 Å². The van der Waals surface area contributed by atoms with Crippen LogP contribution < -0.4 is 9.47 Å². The minimum atomic E-state index is -0.112. The van der Waals surface area contributed by atoms with E-state index in [9.17, 15) is 4.79 Å². The number of nitrogens with zero attached hydrogens (tertiary/aromatic N) is 2. The number of H-pyrrole nitrogens is 1. The molecule has 6 nitrogen and oxygen atoms in total. The van der Waals surface area contributed by atoms with Crippen molar-refractivity contribution in [1.29, 1.82) is 0 Å². The highest BCUT2D eigenvalue weighted by molar-refractivity contribution is 5.80. The number of aryl methyl sites for hydroxylation is 1. The first-order valence-corrected chi connectivity index (χ1v) is 9.80. The topological polar surface area (TPSA) is 67.5 Å². The molecule has 1 atom stereocenters. The Kier molecular flexibility index (Phi) is 5.05. The Morgan fingerprint density at radius 3 is 2.93 bits per heavy atom. The predicted molar refractivity (Wildman–Crippen MR) is 102 cm³/mol. The first-order valence-electron chi connectivity index (χ1n) is 9.80. The van der Waals surface area contributed by atoms with Crippen LogP contribution in [0.15, 0.2) is 24.4 Å². The van der Waals surface area contributed by atoms with Crippen LogP contribution in [0.25, 0.3) is 0 Å². The average Bonchev–Trinajstić information content (AvgIpc) is 3.21. The molecule has 144 valence electrons. The van der Waals surface area contributed by atoms with Gasteiger partial charge in [-0.25, -0.2) is 0 Å². The second kappa shape index (κ2) is 7.62. The van der Waals surface area contributed by atoms with Gasteiger partial charge in [0.05, 0.1) is 19.2 Å². The maximum atomic E-state index is 13.0. The maximum Gasteiger partial charge on any atom is 0.229 e. The summed E-state index contributed by atoms with van der Waals surface area (Å²) in [5.41, 5.74) is 3.61. The maximum absolute atomic E-state index is 13.0. The van der Waals surface area contributed by atoms with E-state index in [2.05, 4.69) is 17.1 Å². The first-order chi connectivity index (χ1) is 13.2. The van der Waals surface area contributed by atoms with Gasteiger partial charge in [-0.3, -0.25) is 9.89 Å². The number of fused-ring (bicyclic) bond motifs is 1. The lowest BCUT2D eigenvalue weighted by Gasteiger charge is -2.35. The van der Waals surface area contributed by atoms with Crippen LogP contribution >= 0.6 is 0 Å². The Labute approximate surface area is 159 Å². The molecule has 1 amide bonds.